The number of benzene rings is 1. The van der Waals surface area contributed by atoms with Gasteiger partial charge in [0.2, 0.25) is 0 Å². The molecule has 2 fully saturated rings. The van der Waals surface area contributed by atoms with Gasteiger partial charge in [-0.25, -0.2) is 4.98 Å². The van der Waals surface area contributed by atoms with Crippen molar-refractivity contribution in [2.75, 3.05) is 20.3 Å². The molecule has 1 aliphatic carbocycles. The summed E-state index contributed by atoms with van der Waals surface area (Å²) < 4.78 is 5.34. The van der Waals surface area contributed by atoms with Crippen molar-refractivity contribution in [2.45, 2.75) is 12.1 Å². The summed E-state index contributed by atoms with van der Waals surface area (Å²) in [7, 11) is 1.48. The molecule has 0 bridgehead atoms. The normalized spacial score (nSPS) is 23.6. The molecular weight excluding hydrogens is 382 g/mol. The molecule has 4 rings (SSSR count). The minimum atomic E-state index is -1.17. The van der Waals surface area contributed by atoms with Crippen LogP contribution in [0.5, 0.6) is 0 Å². The molecule has 1 aromatic heterocycles. The molecule has 1 saturated carbocycles. The van der Waals surface area contributed by atoms with Crippen LogP contribution in [0.2, 0.25) is 5.02 Å². The molecule has 2 aliphatic rings. The third kappa shape index (κ3) is 3.48. The van der Waals surface area contributed by atoms with Gasteiger partial charge in [-0.3, -0.25) is 9.59 Å². The molecule has 1 saturated heterocycles. The molecule has 2 heterocycles. The van der Waals surface area contributed by atoms with Gasteiger partial charge in [0, 0.05) is 41.1 Å². The molecule has 2 aromatic rings. The first kappa shape index (κ1) is 18.9. The molecule has 3 unspecified atom stereocenters. The van der Waals surface area contributed by atoms with Crippen LogP contribution in [0.15, 0.2) is 36.4 Å². The van der Waals surface area contributed by atoms with E-state index in [0.717, 1.165) is 0 Å². The zero-order valence-corrected chi connectivity index (χ0v) is 15.9. The molecule has 3 N–H and O–H groups in total. The maximum Gasteiger partial charge on any atom is 0.269 e. The maximum atomic E-state index is 12.7. The second-order valence-electron chi connectivity index (χ2n) is 7.03. The van der Waals surface area contributed by atoms with E-state index in [1.807, 2.05) is 0 Å². The van der Waals surface area contributed by atoms with Crippen LogP contribution in [-0.2, 0) is 4.74 Å². The van der Waals surface area contributed by atoms with Crippen molar-refractivity contribution in [1.82, 2.24) is 15.6 Å². The van der Waals surface area contributed by atoms with E-state index in [0.29, 0.717) is 35.6 Å². The number of nitrogens with zero attached hydrogens (tertiary/aromatic N) is 1. The highest BCUT2D eigenvalue weighted by molar-refractivity contribution is 6.31. The fraction of sp³-hybridized carbons (Fsp3) is 0.350. The number of nitrogens with one attached hydrogen (secondary N) is 2. The summed E-state index contributed by atoms with van der Waals surface area (Å²) in [6.45, 7) is 1.32. The summed E-state index contributed by atoms with van der Waals surface area (Å²) in [5.74, 6) is -0.0340. The average molecular weight is 402 g/mol. The van der Waals surface area contributed by atoms with Crippen LogP contribution in [-0.4, -0.2) is 48.2 Å². The van der Waals surface area contributed by atoms with E-state index in [1.54, 1.807) is 24.3 Å². The van der Waals surface area contributed by atoms with Crippen molar-refractivity contribution in [3.63, 3.8) is 0 Å². The van der Waals surface area contributed by atoms with Crippen molar-refractivity contribution in [3.8, 4) is 0 Å². The first-order chi connectivity index (χ1) is 13.5. The van der Waals surface area contributed by atoms with Gasteiger partial charge < -0.3 is 20.5 Å². The SMILES string of the molecule is CNC(=O)c1cc(C(=O)NC2C3COCC32)cc(C(O)c2ccccc2Cl)n1. The van der Waals surface area contributed by atoms with Gasteiger partial charge in [0.25, 0.3) is 11.8 Å². The molecule has 0 spiro atoms. The standard InChI is InChI=1S/C20H20ClN3O4/c1-22-20(27)16-7-10(19(26)24-17-12-8-28-9-13(12)17)6-15(23-16)18(25)11-4-2-3-5-14(11)21/h2-7,12-13,17-18,25H,8-9H2,1H3,(H,22,27)(H,24,26). The van der Waals surface area contributed by atoms with Gasteiger partial charge in [-0.2, -0.15) is 0 Å². The predicted molar refractivity (Wildman–Crippen MR) is 102 cm³/mol. The fourth-order valence-electron chi connectivity index (χ4n) is 3.61. The van der Waals surface area contributed by atoms with Gasteiger partial charge in [0.1, 0.15) is 11.8 Å². The lowest BCUT2D eigenvalue weighted by atomic mass is 10.0. The van der Waals surface area contributed by atoms with Crippen molar-refractivity contribution >= 4 is 23.4 Å². The lowest BCUT2D eigenvalue weighted by Crippen LogP contribution is -2.31. The molecule has 1 aromatic carbocycles. The average Bonchev–Trinajstić information content (AvgIpc) is 3.13. The minimum absolute atomic E-state index is 0.0515. The van der Waals surface area contributed by atoms with E-state index < -0.39 is 12.0 Å². The number of carbonyl (C=O) groups excluding carboxylic acids is 2. The van der Waals surface area contributed by atoms with Crippen LogP contribution in [0.25, 0.3) is 0 Å². The summed E-state index contributed by atoms with van der Waals surface area (Å²) in [6, 6.07) is 9.83. The number of rotatable bonds is 5. The van der Waals surface area contributed by atoms with Gasteiger partial charge in [0.05, 0.1) is 18.9 Å². The minimum Gasteiger partial charge on any atom is -0.382 e. The first-order valence-corrected chi connectivity index (χ1v) is 9.42. The van der Waals surface area contributed by atoms with Crippen molar-refractivity contribution in [2.24, 2.45) is 11.8 Å². The molecule has 28 heavy (non-hydrogen) atoms. The molecule has 2 amide bonds. The number of amides is 2. The van der Waals surface area contributed by atoms with Gasteiger partial charge in [-0.15, -0.1) is 0 Å². The smallest absolute Gasteiger partial charge is 0.269 e. The van der Waals surface area contributed by atoms with E-state index in [4.69, 9.17) is 16.3 Å². The Kier molecular flexibility index (Phi) is 5.05. The molecule has 8 heteroatoms. The summed E-state index contributed by atoms with van der Waals surface area (Å²) >= 11 is 6.17. The van der Waals surface area contributed by atoms with Gasteiger partial charge in [-0.1, -0.05) is 29.8 Å². The Morgan fingerprint density at radius 1 is 1.21 bits per heavy atom. The number of hydrogen-bond donors (Lipinski definition) is 3. The van der Waals surface area contributed by atoms with Crippen LogP contribution in [0.3, 0.4) is 0 Å². The highest BCUT2D eigenvalue weighted by Crippen LogP contribution is 2.44. The summed E-state index contributed by atoms with van der Waals surface area (Å²) in [5, 5.41) is 16.6. The molecule has 0 radical (unpaired) electrons. The van der Waals surface area contributed by atoms with E-state index >= 15 is 0 Å². The Labute approximate surface area is 167 Å². The second kappa shape index (κ2) is 7.50. The number of hydrogen-bond acceptors (Lipinski definition) is 5. The van der Waals surface area contributed by atoms with E-state index in [-0.39, 0.29) is 28.9 Å². The summed E-state index contributed by atoms with van der Waals surface area (Å²) in [4.78, 5) is 29.1. The number of aliphatic hydroxyl groups excluding tert-OH is 1. The van der Waals surface area contributed by atoms with Crippen LogP contribution >= 0.6 is 11.6 Å². The fourth-order valence-corrected chi connectivity index (χ4v) is 3.85. The Bertz CT molecular complexity index is 925. The Morgan fingerprint density at radius 3 is 2.61 bits per heavy atom. The van der Waals surface area contributed by atoms with Crippen LogP contribution in [0, 0.1) is 11.8 Å². The highest BCUT2D eigenvalue weighted by Gasteiger charge is 2.54. The maximum absolute atomic E-state index is 12.7. The largest absolute Gasteiger partial charge is 0.382 e. The molecule has 3 atom stereocenters. The second-order valence-corrected chi connectivity index (χ2v) is 7.44. The van der Waals surface area contributed by atoms with Gasteiger partial charge in [-0.05, 0) is 18.2 Å². The number of halogens is 1. The van der Waals surface area contributed by atoms with Gasteiger partial charge >= 0.3 is 0 Å². The third-order valence-electron chi connectivity index (χ3n) is 5.30. The van der Waals surface area contributed by atoms with Crippen molar-refractivity contribution in [1.29, 1.82) is 0 Å². The molecule has 1 aliphatic heterocycles. The van der Waals surface area contributed by atoms with E-state index in [1.165, 1.54) is 19.2 Å². The van der Waals surface area contributed by atoms with Gasteiger partial charge in [0.15, 0.2) is 0 Å². The predicted octanol–water partition coefficient (Wildman–Crippen LogP) is 1.55. The lowest BCUT2D eigenvalue weighted by molar-refractivity contribution is 0.0928. The van der Waals surface area contributed by atoms with Crippen LogP contribution < -0.4 is 10.6 Å². The first-order valence-electron chi connectivity index (χ1n) is 9.04. The topological polar surface area (TPSA) is 101 Å². The van der Waals surface area contributed by atoms with E-state index in [2.05, 4.69) is 15.6 Å². The Hall–Kier alpha value is -2.48. The number of aromatic nitrogens is 1. The summed E-state index contributed by atoms with van der Waals surface area (Å²) in [6.07, 6.45) is -1.17. The Balaban J connectivity index is 1.64. The Morgan fingerprint density at radius 2 is 1.93 bits per heavy atom. The molecule has 7 nitrogen and oxygen atoms in total. The number of aliphatic hydroxyl groups is 1. The number of fused-ring (bicyclic) bond motifs is 1. The zero-order valence-electron chi connectivity index (χ0n) is 15.2. The number of pyridine rings is 1. The van der Waals surface area contributed by atoms with Crippen molar-refractivity contribution < 1.29 is 19.4 Å². The van der Waals surface area contributed by atoms with E-state index in [9.17, 15) is 14.7 Å². The third-order valence-corrected chi connectivity index (χ3v) is 5.64. The number of ether oxygens (including phenoxy) is 1. The monoisotopic (exact) mass is 401 g/mol. The quantitative estimate of drug-likeness (QED) is 0.705. The summed E-state index contributed by atoms with van der Waals surface area (Å²) in [5.41, 5.74) is 0.945. The molecular formula is C20H20ClN3O4. The molecule has 146 valence electrons. The lowest BCUT2D eigenvalue weighted by Gasteiger charge is -2.15. The van der Waals surface area contributed by atoms with Crippen molar-refractivity contribution in [3.05, 3.63) is 63.9 Å². The zero-order chi connectivity index (χ0) is 19.8. The highest BCUT2D eigenvalue weighted by atomic mass is 35.5. The number of carbonyl (C=O) groups is 2. The van der Waals surface area contributed by atoms with Crippen LogP contribution in [0.1, 0.15) is 38.2 Å². The van der Waals surface area contributed by atoms with Crippen LogP contribution in [0.4, 0.5) is 0 Å².